The Kier molecular flexibility index (Phi) is 5.03. The average molecular weight is 394 g/mol. The number of carbonyl (C=O) groups excluding carboxylic acids is 1. The third-order valence-corrected chi connectivity index (χ3v) is 5.66. The predicted octanol–water partition coefficient (Wildman–Crippen LogP) is 3.85. The van der Waals surface area contributed by atoms with Crippen molar-refractivity contribution in [1.29, 1.82) is 0 Å². The van der Waals surface area contributed by atoms with Crippen molar-refractivity contribution in [2.75, 3.05) is 10.0 Å². The van der Waals surface area contributed by atoms with E-state index in [1.54, 1.807) is 35.7 Å². The largest absolute Gasteiger partial charge is 0.306 e. The number of benzene rings is 1. The number of carbonyl (C=O) groups is 1. The fraction of sp³-hybridized carbons (Fsp3) is 0. The molecule has 1 aromatic carbocycles. The number of halogens is 1. The zero-order valence-corrected chi connectivity index (χ0v) is 15.0. The van der Waals surface area contributed by atoms with Crippen LogP contribution < -0.4 is 10.0 Å². The maximum absolute atomic E-state index is 12.4. The lowest BCUT2D eigenvalue weighted by Gasteiger charge is -2.09. The molecule has 0 unspecified atom stereocenters. The molecular formula is C16H12ClN3O3S2. The number of rotatable bonds is 5. The number of aromatic nitrogens is 1. The summed E-state index contributed by atoms with van der Waals surface area (Å²) in [6.45, 7) is 0. The maximum atomic E-state index is 12.4. The van der Waals surface area contributed by atoms with Crippen LogP contribution in [0.4, 0.5) is 11.5 Å². The van der Waals surface area contributed by atoms with Crippen LogP contribution in [0.1, 0.15) is 9.67 Å². The highest BCUT2D eigenvalue weighted by molar-refractivity contribution is 7.92. The van der Waals surface area contributed by atoms with Crippen LogP contribution in [-0.4, -0.2) is 19.3 Å². The second-order valence-corrected chi connectivity index (χ2v) is 7.93. The molecule has 0 atom stereocenters. The van der Waals surface area contributed by atoms with Crippen LogP contribution in [0.15, 0.2) is 65.0 Å². The van der Waals surface area contributed by atoms with Gasteiger partial charge in [-0.1, -0.05) is 29.8 Å². The maximum Gasteiger partial charge on any atom is 0.269 e. The number of pyridine rings is 1. The minimum atomic E-state index is -3.77. The molecule has 0 aliphatic heterocycles. The van der Waals surface area contributed by atoms with Crippen LogP contribution in [0.5, 0.6) is 0 Å². The van der Waals surface area contributed by atoms with Gasteiger partial charge in [-0.15, -0.1) is 11.3 Å². The molecule has 2 heterocycles. The van der Waals surface area contributed by atoms with Gasteiger partial charge in [-0.3, -0.25) is 9.52 Å². The molecule has 0 fully saturated rings. The third-order valence-electron chi connectivity index (χ3n) is 3.14. The van der Waals surface area contributed by atoms with Crippen molar-refractivity contribution in [3.05, 3.63) is 70.0 Å². The minimum Gasteiger partial charge on any atom is -0.306 e. The smallest absolute Gasteiger partial charge is 0.269 e. The van der Waals surface area contributed by atoms with Crippen LogP contribution in [0.2, 0.25) is 5.02 Å². The number of amides is 1. The Morgan fingerprint density at radius 2 is 1.84 bits per heavy atom. The Hall–Kier alpha value is -2.42. The molecule has 128 valence electrons. The zero-order valence-electron chi connectivity index (χ0n) is 12.6. The van der Waals surface area contributed by atoms with Crippen LogP contribution >= 0.6 is 22.9 Å². The van der Waals surface area contributed by atoms with Gasteiger partial charge >= 0.3 is 0 Å². The highest BCUT2D eigenvalue weighted by Crippen LogP contribution is 2.26. The molecule has 1 amide bonds. The van der Waals surface area contributed by atoms with Gasteiger partial charge in [0.25, 0.3) is 15.9 Å². The van der Waals surface area contributed by atoms with Crippen molar-refractivity contribution in [3.8, 4) is 0 Å². The van der Waals surface area contributed by atoms with Crippen molar-refractivity contribution in [3.63, 3.8) is 0 Å². The molecule has 0 aliphatic rings. The molecule has 9 heteroatoms. The number of hydrogen-bond acceptors (Lipinski definition) is 5. The first kappa shape index (κ1) is 17.4. The van der Waals surface area contributed by atoms with Gasteiger partial charge in [-0.05, 0) is 35.7 Å². The lowest BCUT2D eigenvalue weighted by molar-refractivity contribution is 0.103. The van der Waals surface area contributed by atoms with E-state index in [0.717, 1.165) is 11.3 Å². The van der Waals surface area contributed by atoms with E-state index in [0.29, 0.717) is 10.8 Å². The molecule has 3 rings (SSSR count). The van der Waals surface area contributed by atoms with E-state index >= 15 is 0 Å². The van der Waals surface area contributed by atoms with Crippen LogP contribution in [0.25, 0.3) is 0 Å². The lowest BCUT2D eigenvalue weighted by atomic mass is 10.3. The molecule has 0 saturated carbocycles. The monoisotopic (exact) mass is 393 g/mol. The van der Waals surface area contributed by atoms with E-state index in [1.165, 1.54) is 24.4 Å². The summed E-state index contributed by atoms with van der Waals surface area (Å²) >= 11 is 6.88. The summed E-state index contributed by atoms with van der Waals surface area (Å²) in [6, 6.07) is 12.6. The molecule has 6 nitrogen and oxygen atoms in total. The first-order valence-electron chi connectivity index (χ1n) is 7.04. The fourth-order valence-corrected chi connectivity index (χ4v) is 4.01. The predicted molar refractivity (Wildman–Crippen MR) is 98.8 cm³/mol. The fourth-order valence-electron chi connectivity index (χ4n) is 1.99. The van der Waals surface area contributed by atoms with Crippen molar-refractivity contribution in [2.24, 2.45) is 0 Å². The van der Waals surface area contributed by atoms with E-state index in [9.17, 15) is 13.2 Å². The van der Waals surface area contributed by atoms with Gasteiger partial charge in [0.05, 0.1) is 15.6 Å². The molecule has 0 saturated heterocycles. The number of hydrogen-bond donors (Lipinski definition) is 2. The summed E-state index contributed by atoms with van der Waals surface area (Å²) in [7, 11) is -3.77. The van der Waals surface area contributed by atoms with Gasteiger partial charge in [-0.25, -0.2) is 13.4 Å². The van der Waals surface area contributed by atoms with Crippen LogP contribution in [-0.2, 0) is 10.0 Å². The van der Waals surface area contributed by atoms with Gasteiger partial charge in [0.15, 0.2) is 0 Å². The molecule has 25 heavy (non-hydrogen) atoms. The zero-order chi connectivity index (χ0) is 17.9. The van der Waals surface area contributed by atoms with E-state index in [4.69, 9.17) is 11.6 Å². The Morgan fingerprint density at radius 3 is 2.52 bits per heavy atom. The van der Waals surface area contributed by atoms with Gasteiger partial charge in [-0.2, -0.15) is 0 Å². The number of sulfonamides is 1. The third kappa shape index (κ3) is 4.16. The summed E-state index contributed by atoms with van der Waals surface area (Å²) < 4.78 is 27.2. The molecule has 0 aliphatic carbocycles. The van der Waals surface area contributed by atoms with Gasteiger partial charge in [0.2, 0.25) is 0 Å². The number of thiophene rings is 1. The van der Waals surface area contributed by atoms with Gasteiger partial charge in [0.1, 0.15) is 10.7 Å². The lowest BCUT2D eigenvalue weighted by Crippen LogP contribution is -2.17. The molecule has 2 aromatic heterocycles. The minimum absolute atomic E-state index is 0.118. The standard InChI is InChI=1S/C16H12ClN3O3S2/c17-11-6-7-14(18-10-11)19-16(21)15-13(8-9-24-15)20-25(22,23)12-4-2-1-3-5-12/h1-10,20H,(H,18,19,21). The average Bonchev–Trinajstić information content (AvgIpc) is 3.05. The van der Waals surface area contributed by atoms with E-state index in [2.05, 4.69) is 15.0 Å². The van der Waals surface area contributed by atoms with Crippen molar-refractivity contribution >= 4 is 50.4 Å². The molecule has 2 N–H and O–H groups in total. The van der Waals surface area contributed by atoms with Crippen molar-refractivity contribution in [1.82, 2.24) is 4.98 Å². The van der Waals surface area contributed by atoms with Crippen LogP contribution in [0.3, 0.4) is 0 Å². The second-order valence-electron chi connectivity index (χ2n) is 4.90. The summed E-state index contributed by atoms with van der Waals surface area (Å²) in [4.78, 5) is 16.7. The van der Waals surface area contributed by atoms with Gasteiger partial charge in [0, 0.05) is 6.20 Å². The van der Waals surface area contributed by atoms with E-state index in [1.807, 2.05) is 0 Å². The molecule has 0 bridgehead atoms. The van der Waals surface area contributed by atoms with E-state index < -0.39 is 15.9 Å². The summed E-state index contributed by atoms with van der Waals surface area (Å²) in [5, 5.41) is 4.69. The summed E-state index contributed by atoms with van der Waals surface area (Å²) in [5.41, 5.74) is 0.209. The van der Waals surface area contributed by atoms with Crippen molar-refractivity contribution < 1.29 is 13.2 Å². The second kappa shape index (κ2) is 7.22. The molecule has 0 radical (unpaired) electrons. The normalized spacial score (nSPS) is 11.1. The van der Waals surface area contributed by atoms with Crippen LogP contribution in [0, 0.1) is 0 Å². The number of nitrogens with one attached hydrogen (secondary N) is 2. The highest BCUT2D eigenvalue weighted by Gasteiger charge is 2.20. The van der Waals surface area contributed by atoms with Gasteiger partial charge < -0.3 is 5.32 Å². The Bertz CT molecular complexity index is 987. The highest BCUT2D eigenvalue weighted by atomic mass is 35.5. The molecule has 3 aromatic rings. The summed E-state index contributed by atoms with van der Waals surface area (Å²) in [5.74, 6) is -0.143. The SMILES string of the molecule is O=C(Nc1ccc(Cl)cn1)c1sccc1NS(=O)(=O)c1ccccc1. The Morgan fingerprint density at radius 1 is 1.08 bits per heavy atom. The summed E-state index contributed by atoms with van der Waals surface area (Å²) in [6.07, 6.45) is 1.41. The Labute approximate surface area is 153 Å². The quantitative estimate of drug-likeness (QED) is 0.689. The molecule has 0 spiro atoms. The van der Waals surface area contributed by atoms with E-state index in [-0.39, 0.29) is 15.5 Å². The first-order valence-corrected chi connectivity index (χ1v) is 9.78. The Balaban J connectivity index is 1.80. The number of anilines is 2. The topological polar surface area (TPSA) is 88.2 Å². The first-order chi connectivity index (χ1) is 12.0. The van der Waals surface area contributed by atoms with Crippen molar-refractivity contribution in [2.45, 2.75) is 4.90 Å². The molecular weight excluding hydrogens is 382 g/mol. The number of nitrogens with zero attached hydrogens (tertiary/aromatic N) is 1.